The molecule has 3 rings (SSSR count). The number of hydrogen-bond donors (Lipinski definition) is 2. The summed E-state index contributed by atoms with van der Waals surface area (Å²) in [5, 5.41) is 13.2. The molecular weight excluding hydrogens is 542 g/mol. The van der Waals surface area contributed by atoms with Crippen molar-refractivity contribution < 1.29 is 43.2 Å². The quantitative estimate of drug-likeness (QED) is 0.213. The summed E-state index contributed by atoms with van der Waals surface area (Å²) in [6, 6.07) is 24.7. The largest absolute Gasteiger partial charge is 0.478 e. The molecule has 0 aromatic heterocycles. The summed E-state index contributed by atoms with van der Waals surface area (Å²) in [5.74, 6) is -4.93. The molecule has 3 aromatic rings. The Balaban J connectivity index is 1.84. The van der Waals surface area contributed by atoms with Gasteiger partial charge in [-0.05, 0) is 50.6 Å². The molecule has 10 heteroatoms. The van der Waals surface area contributed by atoms with E-state index in [2.05, 4.69) is 5.32 Å². The van der Waals surface area contributed by atoms with E-state index in [4.69, 9.17) is 18.9 Å². The average molecular weight is 578 g/mol. The molecule has 2 unspecified atom stereocenters. The Kier molecular flexibility index (Phi) is 11.8. The Morgan fingerprint density at radius 1 is 0.714 bits per heavy atom. The standard InChI is InChI=1S/C32H35NO9/c1-32(2,3)33-19-25(21-39-20-22-13-7-4-8-14-22)40-31(38)27(42-30(37)24-17-11-6-12-18-24)26(28(34)35)41-29(36)23-15-9-5-10-16-23/h4-18,25-27,33H,19-21H2,1-3H3,(H,34,35)/t25-,26?,27?/m1/s1. The van der Waals surface area contributed by atoms with Crippen molar-refractivity contribution in [2.75, 3.05) is 13.2 Å². The maximum Gasteiger partial charge on any atom is 0.352 e. The molecule has 10 nitrogen and oxygen atoms in total. The number of carboxylic acids is 1. The molecule has 0 amide bonds. The van der Waals surface area contributed by atoms with Crippen molar-refractivity contribution in [3.63, 3.8) is 0 Å². The predicted molar refractivity (Wildman–Crippen MR) is 153 cm³/mol. The minimum atomic E-state index is -2.20. The first kappa shape index (κ1) is 32.0. The molecule has 0 aliphatic rings. The summed E-state index contributed by atoms with van der Waals surface area (Å²) < 4.78 is 22.0. The summed E-state index contributed by atoms with van der Waals surface area (Å²) in [6.07, 6.45) is -5.22. The number of rotatable bonds is 14. The lowest BCUT2D eigenvalue weighted by Crippen LogP contribution is -2.49. The normalized spacial score (nSPS) is 13.3. The third kappa shape index (κ3) is 10.5. The molecule has 0 saturated carbocycles. The summed E-state index contributed by atoms with van der Waals surface area (Å²) in [6.45, 7) is 6.10. The van der Waals surface area contributed by atoms with Gasteiger partial charge in [-0.25, -0.2) is 19.2 Å². The molecule has 0 fully saturated rings. The van der Waals surface area contributed by atoms with Crippen LogP contribution in [0.4, 0.5) is 0 Å². The first-order valence-corrected chi connectivity index (χ1v) is 13.4. The first-order valence-electron chi connectivity index (χ1n) is 13.4. The highest BCUT2D eigenvalue weighted by Crippen LogP contribution is 2.16. The lowest BCUT2D eigenvalue weighted by atomic mass is 10.1. The zero-order valence-electron chi connectivity index (χ0n) is 23.7. The number of carboxylic acid groups (broad SMARTS) is 1. The van der Waals surface area contributed by atoms with Crippen molar-refractivity contribution in [1.82, 2.24) is 5.32 Å². The Morgan fingerprint density at radius 2 is 1.19 bits per heavy atom. The van der Waals surface area contributed by atoms with E-state index in [9.17, 15) is 24.3 Å². The van der Waals surface area contributed by atoms with Crippen molar-refractivity contribution >= 4 is 23.9 Å². The lowest BCUT2D eigenvalue weighted by Gasteiger charge is -2.28. The number of aliphatic carboxylic acids is 1. The molecule has 0 bridgehead atoms. The number of ether oxygens (including phenoxy) is 4. The summed E-state index contributed by atoms with van der Waals surface area (Å²) in [5.41, 5.74) is 0.663. The van der Waals surface area contributed by atoms with Gasteiger partial charge in [-0.15, -0.1) is 0 Å². The van der Waals surface area contributed by atoms with Gasteiger partial charge >= 0.3 is 23.9 Å². The third-order valence-electron chi connectivity index (χ3n) is 5.80. The fraction of sp³-hybridized carbons (Fsp3) is 0.312. The number of hydrogen-bond acceptors (Lipinski definition) is 9. The SMILES string of the molecule is CC(C)(C)NC[C@H](COCc1ccccc1)OC(=O)C(OC(=O)c1ccccc1)C(OC(=O)c1ccccc1)C(=O)O. The second kappa shape index (κ2) is 15.5. The van der Waals surface area contributed by atoms with Gasteiger partial charge in [0.05, 0.1) is 24.3 Å². The van der Waals surface area contributed by atoms with Crippen molar-refractivity contribution in [3.05, 3.63) is 108 Å². The van der Waals surface area contributed by atoms with Crippen molar-refractivity contribution in [2.24, 2.45) is 0 Å². The van der Waals surface area contributed by atoms with Gasteiger partial charge in [0, 0.05) is 12.1 Å². The van der Waals surface area contributed by atoms with E-state index in [-0.39, 0.29) is 36.4 Å². The molecule has 0 radical (unpaired) electrons. The molecular formula is C32H35NO9. The predicted octanol–water partition coefficient (Wildman–Crippen LogP) is 4.04. The van der Waals surface area contributed by atoms with Crippen LogP contribution in [0.25, 0.3) is 0 Å². The highest BCUT2D eigenvalue weighted by molar-refractivity contribution is 5.95. The zero-order chi connectivity index (χ0) is 30.5. The van der Waals surface area contributed by atoms with Gasteiger partial charge < -0.3 is 29.4 Å². The van der Waals surface area contributed by atoms with Crippen LogP contribution in [0.1, 0.15) is 47.1 Å². The maximum absolute atomic E-state index is 13.5. The molecule has 0 aliphatic heterocycles. The Bertz CT molecular complexity index is 1310. The van der Waals surface area contributed by atoms with E-state index < -0.39 is 42.2 Å². The van der Waals surface area contributed by atoms with Crippen LogP contribution in [-0.2, 0) is 35.1 Å². The number of benzene rings is 3. The first-order chi connectivity index (χ1) is 20.0. The van der Waals surface area contributed by atoms with E-state index in [1.807, 2.05) is 51.1 Å². The second-order valence-electron chi connectivity index (χ2n) is 10.4. The van der Waals surface area contributed by atoms with Crippen LogP contribution in [0, 0.1) is 0 Å². The van der Waals surface area contributed by atoms with E-state index in [1.54, 1.807) is 36.4 Å². The fourth-order valence-electron chi connectivity index (χ4n) is 3.66. The molecule has 3 atom stereocenters. The molecule has 42 heavy (non-hydrogen) atoms. The average Bonchev–Trinajstić information content (AvgIpc) is 2.98. The van der Waals surface area contributed by atoms with Crippen molar-refractivity contribution in [2.45, 2.75) is 51.2 Å². The lowest BCUT2D eigenvalue weighted by molar-refractivity contribution is -0.176. The molecule has 3 aromatic carbocycles. The van der Waals surface area contributed by atoms with Gasteiger partial charge in [0.25, 0.3) is 0 Å². The van der Waals surface area contributed by atoms with Gasteiger partial charge in [0.2, 0.25) is 12.2 Å². The number of esters is 3. The summed E-state index contributed by atoms with van der Waals surface area (Å²) in [4.78, 5) is 51.5. The third-order valence-corrected chi connectivity index (χ3v) is 5.80. The topological polar surface area (TPSA) is 137 Å². The summed E-state index contributed by atoms with van der Waals surface area (Å²) in [7, 11) is 0. The van der Waals surface area contributed by atoms with Gasteiger partial charge in [0.1, 0.15) is 6.10 Å². The van der Waals surface area contributed by atoms with E-state index in [0.717, 1.165) is 5.56 Å². The van der Waals surface area contributed by atoms with Crippen LogP contribution in [0.3, 0.4) is 0 Å². The Morgan fingerprint density at radius 3 is 1.67 bits per heavy atom. The van der Waals surface area contributed by atoms with E-state index >= 15 is 0 Å². The van der Waals surface area contributed by atoms with Crippen LogP contribution >= 0.6 is 0 Å². The number of carbonyl (C=O) groups excluding carboxylic acids is 3. The smallest absolute Gasteiger partial charge is 0.352 e. The monoisotopic (exact) mass is 577 g/mol. The summed E-state index contributed by atoms with van der Waals surface area (Å²) >= 11 is 0. The van der Waals surface area contributed by atoms with Gasteiger partial charge in [0.15, 0.2) is 0 Å². The highest BCUT2D eigenvalue weighted by atomic mass is 16.6. The van der Waals surface area contributed by atoms with Crippen LogP contribution in [0.5, 0.6) is 0 Å². The molecule has 0 saturated heterocycles. The minimum absolute atomic E-state index is 0.0480. The Hall–Kier alpha value is -4.54. The fourth-order valence-corrected chi connectivity index (χ4v) is 3.66. The minimum Gasteiger partial charge on any atom is -0.478 e. The Labute approximate surface area is 244 Å². The zero-order valence-corrected chi connectivity index (χ0v) is 23.7. The molecule has 2 N–H and O–H groups in total. The second-order valence-corrected chi connectivity index (χ2v) is 10.4. The van der Waals surface area contributed by atoms with Gasteiger partial charge in [-0.3, -0.25) is 0 Å². The van der Waals surface area contributed by atoms with E-state index in [1.165, 1.54) is 24.3 Å². The van der Waals surface area contributed by atoms with Gasteiger partial charge in [-0.2, -0.15) is 0 Å². The van der Waals surface area contributed by atoms with Crippen LogP contribution in [0.2, 0.25) is 0 Å². The van der Waals surface area contributed by atoms with Crippen LogP contribution < -0.4 is 5.32 Å². The van der Waals surface area contributed by atoms with Gasteiger partial charge in [-0.1, -0.05) is 66.7 Å². The van der Waals surface area contributed by atoms with Crippen molar-refractivity contribution in [3.8, 4) is 0 Å². The molecule has 0 spiro atoms. The molecule has 0 heterocycles. The maximum atomic E-state index is 13.5. The molecule has 222 valence electrons. The van der Waals surface area contributed by atoms with Crippen molar-refractivity contribution in [1.29, 1.82) is 0 Å². The highest BCUT2D eigenvalue weighted by Gasteiger charge is 2.43. The number of carbonyl (C=O) groups is 4. The van der Waals surface area contributed by atoms with E-state index in [0.29, 0.717) is 0 Å². The van der Waals surface area contributed by atoms with Crippen LogP contribution in [-0.4, -0.2) is 66.0 Å². The number of nitrogens with one attached hydrogen (secondary N) is 1. The van der Waals surface area contributed by atoms with Crippen LogP contribution in [0.15, 0.2) is 91.0 Å². The molecule has 0 aliphatic carbocycles.